The number of nitriles is 1. The number of benzene rings is 2. The largest absolute Gasteiger partial charge is 0.353 e. The summed E-state index contributed by atoms with van der Waals surface area (Å²) < 4.78 is 0. The molecule has 1 aromatic heterocycles. The summed E-state index contributed by atoms with van der Waals surface area (Å²) in [5, 5.41) is 12.1. The van der Waals surface area contributed by atoms with Crippen molar-refractivity contribution >= 4 is 17.6 Å². The maximum Gasteiger partial charge on any atom is 0.253 e. The summed E-state index contributed by atoms with van der Waals surface area (Å²) in [5.41, 5.74) is 4.17. The number of nitrogens with one attached hydrogen (secondary N) is 1. The number of carbonyl (C=O) groups is 2. The first-order valence-electron chi connectivity index (χ1n) is 13.6. The van der Waals surface area contributed by atoms with Crippen LogP contribution >= 0.6 is 0 Å². The summed E-state index contributed by atoms with van der Waals surface area (Å²) in [6.45, 7) is 7.45. The third kappa shape index (κ3) is 6.62. The molecule has 2 amide bonds. The van der Waals surface area contributed by atoms with Gasteiger partial charge in [0.15, 0.2) is 0 Å². The summed E-state index contributed by atoms with van der Waals surface area (Å²) in [7, 11) is 0. The molecule has 0 atom stereocenters. The fourth-order valence-electron chi connectivity index (χ4n) is 5.18. The lowest BCUT2D eigenvalue weighted by Gasteiger charge is -2.35. The van der Waals surface area contributed by atoms with Gasteiger partial charge in [0.2, 0.25) is 0 Å². The van der Waals surface area contributed by atoms with Crippen molar-refractivity contribution in [2.45, 2.75) is 32.4 Å². The minimum Gasteiger partial charge on any atom is -0.353 e. The topological polar surface area (TPSA) is 92.6 Å². The number of piperazine rings is 1. The second-order valence-corrected chi connectivity index (χ2v) is 10.4. The molecule has 0 radical (unpaired) electrons. The molecule has 0 aliphatic carbocycles. The van der Waals surface area contributed by atoms with E-state index in [9.17, 15) is 9.59 Å². The Bertz CT molecular complexity index is 1320. The lowest BCUT2D eigenvalue weighted by molar-refractivity contribution is 0.0745. The third-order valence-corrected chi connectivity index (χ3v) is 7.59. The smallest absolute Gasteiger partial charge is 0.253 e. The summed E-state index contributed by atoms with van der Waals surface area (Å²) in [5.74, 6) is 0.840. The monoisotopic (exact) mass is 522 g/mol. The number of likely N-dealkylation sites (tertiary alicyclic amines) is 1. The Morgan fingerprint density at radius 3 is 2.18 bits per heavy atom. The fraction of sp³-hybridized carbons (Fsp3) is 0.355. The van der Waals surface area contributed by atoms with Crippen molar-refractivity contribution in [2.75, 3.05) is 44.2 Å². The van der Waals surface area contributed by atoms with Gasteiger partial charge in [-0.2, -0.15) is 5.26 Å². The maximum atomic E-state index is 13.1. The van der Waals surface area contributed by atoms with Gasteiger partial charge in [0.05, 0.1) is 11.6 Å². The van der Waals surface area contributed by atoms with E-state index in [1.165, 1.54) is 5.56 Å². The quantitative estimate of drug-likeness (QED) is 0.532. The second kappa shape index (κ2) is 12.1. The van der Waals surface area contributed by atoms with Gasteiger partial charge in [0.1, 0.15) is 5.82 Å². The number of carbonyl (C=O) groups excluding carboxylic acids is 2. The van der Waals surface area contributed by atoms with Crippen LogP contribution in [0.3, 0.4) is 0 Å². The van der Waals surface area contributed by atoms with Gasteiger partial charge in [-0.05, 0) is 73.4 Å². The van der Waals surface area contributed by atoms with E-state index in [1.807, 2.05) is 48.4 Å². The van der Waals surface area contributed by atoms with Gasteiger partial charge in [-0.25, -0.2) is 4.98 Å². The molecule has 3 heterocycles. The summed E-state index contributed by atoms with van der Waals surface area (Å²) in [6.07, 6.45) is 3.65. The molecule has 2 aliphatic heterocycles. The highest BCUT2D eigenvalue weighted by atomic mass is 16.2. The van der Waals surface area contributed by atoms with Crippen LogP contribution in [0.4, 0.5) is 5.82 Å². The fourth-order valence-corrected chi connectivity index (χ4v) is 5.18. The van der Waals surface area contributed by atoms with E-state index in [2.05, 4.69) is 32.2 Å². The lowest BCUT2D eigenvalue weighted by atomic mass is 10.0. The zero-order valence-electron chi connectivity index (χ0n) is 22.3. The van der Waals surface area contributed by atoms with Crippen LogP contribution in [0.2, 0.25) is 0 Å². The number of aromatic nitrogens is 1. The zero-order chi connectivity index (χ0) is 27.2. The number of anilines is 1. The maximum absolute atomic E-state index is 13.1. The van der Waals surface area contributed by atoms with E-state index in [0.29, 0.717) is 29.8 Å². The molecule has 0 saturated carbocycles. The second-order valence-electron chi connectivity index (χ2n) is 10.4. The van der Waals surface area contributed by atoms with Gasteiger partial charge in [-0.1, -0.05) is 18.2 Å². The molecule has 1 N–H and O–H groups in total. The molecule has 2 aliphatic rings. The number of pyridine rings is 1. The Kier molecular flexibility index (Phi) is 8.18. The highest BCUT2D eigenvalue weighted by Crippen LogP contribution is 2.18. The molecule has 8 heteroatoms. The van der Waals surface area contributed by atoms with Crippen LogP contribution in [0.5, 0.6) is 0 Å². The van der Waals surface area contributed by atoms with Crippen LogP contribution in [0.25, 0.3) is 0 Å². The number of aryl methyl sites for hydroxylation is 1. The molecule has 8 nitrogen and oxygen atoms in total. The number of nitrogens with zero attached hydrogens (tertiary/aromatic N) is 5. The van der Waals surface area contributed by atoms with E-state index in [-0.39, 0.29) is 17.9 Å². The minimum atomic E-state index is -0.0984. The molecule has 5 rings (SSSR count). The minimum absolute atomic E-state index is 0.00638. The predicted octanol–water partition coefficient (Wildman–Crippen LogP) is 3.62. The van der Waals surface area contributed by atoms with Gasteiger partial charge in [0, 0.05) is 69.2 Å². The number of hydrogen-bond acceptors (Lipinski definition) is 6. The Hall–Kier alpha value is -4.22. The summed E-state index contributed by atoms with van der Waals surface area (Å²) in [4.78, 5) is 36.9. The van der Waals surface area contributed by atoms with Crippen molar-refractivity contribution in [3.63, 3.8) is 0 Å². The van der Waals surface area contributed by atoms with E-state index in [0.717, 1.165) is 56.9 Å². The van der Waals surface area contributed by atoms with E-state index in [4.69, 9.17) is 5.26 Å². The summed E-state index contributed by atoms with van der Waals surface area (Å²) >= 11 is 0. The molecule has 0 bridgehead atoms. The molecule has 2 aromatic carbocycles. The molecule has 200 valence electrons. The van der Waals surface area contributed by atoms with Crippen molar-refractivity contribution in [2.24, 2.45) is 0 Å². The average Bonchev–Trinajstić information content (AvgIpc) is 2.99. The van der Waals surface area contributed by atoms with Gasteiger partial charge >= 0.3 is 0 Å². The molecule has 39 heavy (non-hydrogen) atoms. The zero-order valence-corrected chi connectivity index (χ0v) is 22.3. The molecule has 2 fully saturated rings. The molecule has 0 unspecified atom stereocenters. The average molecular weight is 523 g/mol. The van der Waals surface area contributed by atoms with Crippen LogP contribution in [0.15, 0.2) is 66.9 Å². The van der Waals surface area contributed by atoms with Crippen molar-refractivity contribution in [1.29, 1.82) is 5.26 Å². The first kappa shape index (κ1) is 26.4. The Balaban J connectivity index is 1.07. The van der Waals surface area contributed by atoms with Gasteiger partial charge in [-0.15, -0.1) is 0 Å². The number of rotatable bonds is 6. The van der Waals surface area contributed by atoms with E-state index >= 15 is 0 Å². The van der Waals surface area contributed by atoms with Crippen LogP contribution < -0.4 is 10.2 Å². The standard InChI is InChI=1S/C31H34N6O2/c1-23-2-11-29(33-21-23)36-16-18-37(19-17-36)31(39)27-9-7-26(8-10-27)30(38)34-28-12-14-35(15-13-28)22-25-5-3-24(20-32)4-6-25/h2-11,21,28H,12-19,22H2,1H3,(H,34,38). The van der Waals surface area contributed by atoms with Crippen molar-refractivity contribution < 1.29 is 9.59 Å². The Labute approximate surface area is 229 Å². The number of amides is 2. The van der Waals surface area contributed by atoms with Crippen LogP contribution in [0.1, 0.15) is 50.2 Å². The number of piperidine rings is 1. The predicted molar refractivity (Wildman–Crippen MR) is 150 cm³/mol. The first-order chi connectivity index (χ1) is 19.0. The van der Waals surface area contributed by atoms with Gasteiger partial charge in [0.25, 0.3) is 11.8 Å². The van der Waals surface area contributed by atoms with Crippen molar-refractivity contribution in [3.05, 3.63) is 94.7 Å². The number of hydrogen-bond donors (Lipinski definition) is 1. The Morgan fingerprint density at radius 2 is 1.56 bits per heavy atom. The van der Waals surface area contributed by atoms with Crippen molar-refractivity contribution in [1.82, 2.24) is 20.1 Å². The molecular weight excluding hydrogens is 488 g/mol. The third-order valence-electron chi connectivity index (χ3n) is 7.59. The normalized spacial score (nSPS) is 16.5. The molecule has 3 aromatic rings. The van der Waals surface area contributed by atoms with Crippen molar-refractivity contribution in [3.8, 4) is 6.07 Å². The van der Waals surface area contributed by atoms with Gasteiger partial charge in [-0.3, -0.25) is 14.5 Å². The van der Waals surface area contributed by atoms with Crippen LogP contribution in [-0.2, 0) is 6.54 Å². The lowest BCUT2D eigenvalue weighted by Crippen LogP contribution is -2.49. The SMILES string of the molecule is Cc1ccc(N2CCN(C(=O)c3ccc(C(=O)NC4CCN(Cc5ccc(C#N)cc5)CC4)cc3)CC2)nc1. The van der Waals surface area contributed by atoms with E-state index < -0.39 is 0 Å². The van der Waals surface area contributed by atoms with Gasteiger partial charge < -0.3 is 15.1 Å². The van der Waals surface area contributed by atoms with Crippen LogP contribution in [0, 0.1) is 18.3 Å². The first-order valence-corrected chi connectivity index (χ1v) is 13.6. The van der Waals surface area contributed by atoms with E-state index in [1.54, 1.807) is 24.3 Å². The highest BCUT2D eigenvalue weighted by Gasteiger charge is 2.24. The molecule has 2 saturated heterocycles. The highest BCUT2D eigenvalue weighted by molar-refractivity contribution is 5.98. The molecule has 0 spiro atoms. The molecular formula is C31H34N6O2. The summed E-state index contributed by atoms with van der Waals surface area (Å²) in [6, 6.07) is 21.1. The Morgan fingerprint density at radius 1 is 0.897 bits per heavy atom. The van der Waals surface area contributed by atoms with Crippen LogP contribution in [-0.4, -0.2) is 71.9 Å².